The molecular weight excluding hydrogens is 560 g/mol. The van der Waals surface area contributed by atoms with E-state index in [0.29, 0.717) is 40.5 Å². The molecule has 0 amide bonds. The van der Waals surface area contributed by atoms with Gasteiger partial charge in [0.15, 0.2) is 0 Å². The summed E-state index contributed by atoms with van der Waals surface area (Å²) >= 11 is 0. The predicted molar refractivity (Wildman–Crippen MR) is 173 cm³/mol. The molecule has 6 aromatic rings. The van der Waals surface area contributed by atoms with Crippen molar-refractivity contribution in [2.45, 2.75) is 0 Å². The van der Waals surface area contributed by atoms with E-state index >= 15 is 0 Å². The maximum Gasteiger partial charge on any atom is 0.323 e. The van der Waals surface area contributed by atoms with Crippen molar-refractivity contribution in [3.8, 4) is 11.5 Å². The van der Waals surface area contributed by atoms with Gasteiger partial charge < -0.3 is 41.0 Å². The number of hydrogen-bond donors (Lipinski definition) is 7. The molecule has 0 unspecified atom stereocenters. The fourth-order valence-electron chi connectivity index (χ4n) is 4.59. The van der Waals surface area contributed by atoms with Crippen LogP contribution in [-0.4, -0.2) is 73.4 Å². The van der Waals surface area contributed by atoms with Crippen molar-refractivity contribution >= 4 is 62.9 Å². The predicted octanol–water partition coefficient (Wildman–Crippen LogP) is 4.82. The van der Waals surface area contributed by atoms with Crippen molar-refractivity contribution in [1.29, 1.82) is 0 Å². The Morgan fingerprint density at radius 2 is 1.50 bits per heavy atom. The molecule has 0 bridgehead atoms. The Hall–Kier alpha value is -5.95. The Labute approximate surface area is 251 Å². The molecule has 0 atom stereocenters. The monoisotopic (exact) mass is 590 g/mol. The minimum atomic E-state index is -0.289. The Kier molecular flexibility index (Phi) is 7.76. The molecule has 0 radical (unpaired) electrons. The highest BCUT2D eigenvalue weighted by atomic mass is 16.3. The van der Waals surface area contributed by atoms with Crippen LogP contribution in [0.5, 0.6) is 11.5 Å². The fraction of sp³-hybridized carbons (Fsp3) is 0.129. The van der Waals surface area contributed by atoms with E-state index in [9.17, 15) is 15.0 Å². The van der Waals surface area contributed by atoms with Crippen LogP contribution in [0.15, 0.2) is 82.6 Å². The first-order chi connectivity index (χ1) is 21.3. The molecule has 44 heavy (non-hydrogen) atoms. The van der Waals surface area contributed by atoms with Gasteiger partial charge in [-0.25, -0.2) is 4.79 Å². The Bertz CT molecular complexity index is 2050. The molecular formula is C31H30N10O3. The first-order valence-electron chi connectivity index (χ1n) is 13.8. The molecule has 222 valence electrons. The molecule has 6 rings (SSSR count). The fourth-order valence-corrected chi connectivity index (χ4v) is 4.59. The summed E-state index contributed by atoms with van der Waals surface area (Å²) < 4.78 is 0. The zero-order valence-corrected chi connectivity index (χ0v) is 24.0. The lowest BCUT2D eigenvalue weighted by molar-refractivity contribution is 0.425. The van der Waals surface area contributed by atoms with Gasteiger partial charge in [0.2, 0.25) is 17.8 Å². The van der Waals surface area contributed by atoms with E-state index < -0.39 is 0 Å². The van der Waals surface area contributed by atoms with Crippen LogP contribution < -0.4 is 21.6 Å². The summed E-state index contributed by atoms with van der Waals surface area (Å²) in [4.78, 5) is 37.2. The van der Waals surface area contributed by atoms with E-state index in [2.05, 4.69) is 45.9 Å². The van der Waals surface area contributed by atoms with Crippen molar-refractivity contribution < 1.29 is 10.2 Å². The van der Waals surface area contributed by atoms with Crippen LogP contribution in [0, 0.1) is 0 Å². The lowest BCUT2D eigenvalue weighted by Gasteiger charge is -2.13. The molecule has 0 aliphatic rings. The number of phenolic OH excluding ortho intramolecular Hbond substituents is 2. The molecule has 2 aromatic heterocycles. The number of nitrogens with zero attached hydrogens (tertiary/aromatic N) is 5. The second-order valence-electron chi connectivity index (χ2n) is 10.3. The summed E-state index contributed by atoms with van der Waals surface area (Å²) in [5, 5.41) is 32.4. The summed E-state index contributed by atoms with van der Waals surface area (Å²) in [5.74, 6) is 0.928. The molecule has 13 heteroatoms. The van der Waals surface area contributed by atoms with E-state index in [4.69, 9.17) is 0 Å². The molecule has 0 saturated heterocycles. The molecule has 2 heterocycles. The lowest BCUT2D eigenvalue weighted by Crippen LogP contribution is -2.22. The maximum atomic E-state index is 11.7. The van der Waals surface area contributed by atoms with E-state index in [1.165, 1.54) is 12.3 Å². The molecule has 0 saturated carbocycles. The maximum absolute atomic E-state index is 11.7. The number of aromatic nitrogens is 5. The quantitative estimate of drug-likeness (QED) is 0.0864. The van der Waals surface area contributed by atoms with Gasteiger partial charge in [-0.3, -0.25) is 4.99 Å². The summed E-state index contributed by atoms with van der Waals surface area (Å²) in [6.45, 7) is 1.37. The number of aromatic hydroxyl groups is 2. The van der Waals surface area contributed by atoms with Crippen molar-refractivity contribution in [3.05, 3.63) is 88.8 Å². The number of nitrogens with one attached hydrogen (secondary N) is 5. The van der Waals surface area contributed by atoms with Gasteiger partial charge in [-0.1, -0.05) is 30.3 Å². The van der Waals surface area contributed by atoms with Gasteiger partial charge in [-0.05, 0) is 67.3 Å². The molecule has 0 aliphatic heterocycles. The first kappa shape index (κ1) is 28.2. The number of anilines is 5. The highest BCUT2D eigenvalue weighted by Crippen LogP contribution is 2.32. The summed E-state index contributed by atoms with van der Waals surface area (Å²) in [5.41, 5.74) is 3.11. The standard InChI is InChI=1S/C31H30N10O3/c1-41(2)14-13-32-28-38-29(34-19-8-10-23-24(15-19)37-31(44)36-23)40-30(39-28)35-20-9-12-27(43)25(16-20)33-17-22-21-6-4-3-5-18(21)7-11-26(22)42/h3-12,15-17,42-43H,13-14H2,1-2H3,(H2,36,37,44)(H3,32,34,35,38,39,40). The van der Waals surface area contributed by atoms with Gasteiger partial charge in [-0.15, -0.1) is 0 Å². The highest BCUT2D eigenvalue weighted by molar-refractivity contribution is 6.03. The van der Waals surface area contributed by atoms with Crippen LogP contribution in [0.2, 0.25) is 0 Å². The normalized spacial score (nSPS) is 11.5. The van der Waals surface area contributed by atoms with Gasteiger partial charge in [0, 0.05) is 36.2 Å². The minimum Gasteiger partial charge on any atom is -0.507 e. The van der Waals surface area contributed by atoms with E-state index in [-0.39, 0.29) is 34.8 Å². The van der Waals surface area contributed by atoms with Crippen LogP contribution in [0.1, 0.15) is 5.56 Å². The summed E-state index contributed by atoms with van der Waals surface area (Å²) in [6, 6.07) is 21.3. The van der Waals surface area contributed by atoms with E-state index in [0.717, 1.165) is 17.3 Å². The Morgan fingerprint density at radius 3 is 2.30 bits per heavy atom. The van der Waals surface area contributed by atoms with Gasteiger partial charge in [0.1, 0.15) is 17.2 Å². The molecule has 13 nitrogen and oxygen atoms in total. The van der Waals surface area contributed by atoms with Crippen LogP contribution in [0.4, 0.5) is 34.9 Å². The third-order valence-electron chi connectivity index (χ3n) is 6.76. The summed E-state index contributed by atoms with van der Waals surface area (Å²) in [6.07, 6.45) is 1.53. The van der Waals surface area contributed by atoms with Crippen molar-refractivity contribution in [3.63, 3.8) is 0 Å². The number of fused-ring (bicyclic) bond motifs is 2. The zero-order chi connectivity index (χ0) is 30.6. The third-order valence-corrected chi connectivity index (χ3v) is 6.76. The number of H-pyrrole nitrogens is 2. The average Bonchev–Trinajstić information content (AvgIpc) is 3.37. The van der Waals surface area contributed by atoms with Crippen LogP contribution >= 0.6 is 0 Å². The zero-order valence-electron chi connectivity index (χ0n) is 24.0. The molecule has 0 fully saturated rings. The molecule has 0 aliphatic carbocycles. The number of likely N-dealkylation sites (N-methyl/N-ethyl adjacent to an activating group) is 1. The average molecular weight is 591 g/mol. The number of benzene rings is 4. The number of imidazole rings is 1. The van der Waals surface area contributed by atoms with Gasteiger partial charge in [0.25, 0.3) is 0 Å². The van der Waals surface area contributed by atoms with E-state index in [1.807, 2.05) is 49.3 Å². The molecule has 7 N–H and O–H groups in total. The van der Waals surface area contributed by atoms with Gasteiger partial charge in [0.05, 0.1) is 11.0 Å². The van der Waals surface area contributed by atoms with E-state index in [1.54, 1.807) is 36.4 Å². The van der Waals surface area contributed by atoms with Crippen molar-refractivity contribution in [2.75, 3.05) is 43.1 Å². The van der Waals surface area contributed by atoms with Crippen LogP contribution in [-0.2, 0) is 0 Å². The lowest BCUT2D eigenvalue weighted by atomic mass is 10.0. The second kappa shape index (κ2) is 12.1. The number of hydrogen-bond acceptors (Lipinski definition) is 11. The molecule has 4 aromatic carbocycles. The first-order valence-corrected chi connectivity index (χ1v) is 13.8. The topological polar surface area (TPSA) is 179 Å². The summed E-state index contributed by atoms with van der Waals surface area (Å²) in [7, 11) is 3.95. The van der Waals surface area contributed by atoms with Crippen molar-refractivity contribution in [2.24, 2.45) is 4.99 Å². The second-order valence-corrected chi connectivity index (χ2v) is 10.3. The van der Waals surface area contributed by atoms with Gasteiger partial charge >= 0.3 is 5.69 Å². The smallest absolute Gasteiger partial charge is 0.323 e. The number of rotatable bonds is 10. The number of aliphatic imine (C=N–C) groups is 1. The number of phenols is 2. The molecule has 0 spiro atoms. The minimum absolute atomic E-state index is 0.0336. The van der Waals surface area contributed by atoms with Gasteiger partial charge in [-0.2, -0.15) is 15.0 Å². The number of aromatic amines is 2. The SMILES string of the molecule is CN(C)CCNc1nc(Nc2ccc(O)c(N=Cc3c(O)ccc4ccccc34)c2)nc(Nc2ccc3[nH]c(=O)[nH]c3c2)n1. The third kappa shape index (κ3) is 6.42. The van der Waals surface area contributed by atoms with Crippen molar-refractivity contribution in [1.82, 2.24) is 29.8 Å². The Morgan fingerprint density at radius 1 is 0.818 bits per heavy atom. The van der Waals surface area contributed by atoms with Crippen LogP contribution in [0.3, 0.4) is 0 Å². The highest BCUT2D eigenvalue weighted by Gasteiger charge is 2.11. The van der Waals surface area contributed by atoms with Crippen LogP contribution in [0.25, 0.3) is 21.8 Å². The Balaban J connectivity index is 1.28. The largest absolute Gasteiger partial charge is 0.507 e.